The summed E-state index contributed by atoms with van der Waals surface area (Å²) < 4.78 is 15.8. The molecule has 3 N–H and O–H groups in total. The van der Waals surface area contributed by atoms with Gasteiger partial charge in [-0.1, -0.05) is 29.8 Å². The molecule has 2 fully saturated rings. The van der Waals surface area contributed by atoms with Crippen LogP contribution in [0.3, 0.4) is 0 Å². The molecule has 3 amide bonds. The smallest absolute Gasteiger partial charge is 0.269 e. The van der Waals surface area contributed by atoms with E-state index in [0.717, 1.165) is 30.4 Å². The Bertz CT molecular complexity index is 1640. The Morgan fingerprint density at radius 1 is 1.10 bits per heavy atom. The lowest BCUT2D eigenvalue weighted by Gasteiger charge is -2.34. The summed E-state index contributed by atoms with van der Waals surface area (Å²) in [5.74, 6) is -1.91. The maximum absolute atomic E-state index is 14.3. The quantitative estimate of drug-likeness (QED) is 0.356. The third-order valence-corrected chi connectivity index (χ3v) is 8.08. The lowest BCUT2D eigenvalue weighted by atomic mass is 9.97. The third kappa shape index (κ3) is 4.56. The number of piperidine rings is 1. The molecule has 2 aromatic carbocycles. The van der Waals surface area contributed by atoms with E-state index in [2.05, 4.69) is 20.4 Å². The van der Waals surface area contributed by atoms with Crippen LogP contribution in [0.5, 0.6) is 0 Å². The predicted octanol–water partition coefficient (Wildman–Crippen LogP) is 3.08. The fraction of sp³-hybridized carbons (Fsp3) is 0.286. The Labute approximate surface area is 233 Å². The number of benzene rings is 2. The van der Waals surface area contributed by atoms with Crippen LogP contribution in [0.25, 0.3) is 22.0 Å². The van der Waals surface area contributed by atoms with Crippen molar-refractivity contribution in [2.45, 2.75) is 44.4 Å². The van der Waals surface area contributed by atoms with E-state index in [4.69, 9.17) is 17.3 Å². The van der Waals surface area contributed by atoms with Crippen molar-refractivity contribution in [3.05, 3.63) is 77.2 Å². The first-order valence-electron chi connectivity index (χ1n) is 12.9. The van der Waals surface area contributed by atoms with Crippen molar-refractivity contribution in [2.75, 3.05) is 0 Å². The molecule has 2 aromatic heterocycles. The molecule has 204 valence electrons. The van der Waals surface area contributed by atoms with Gasteiger partial charge in [-0.05, 0) is 48.9 Å². The Balaban J connectivity index is 1.25. The highest BCUT2D eigenvalue weighted by Crippen LogP contribution is 2.43. The summed E-state index contributed by atoms with van der Waals surface area (Å²) in [6.45, 7) is -0.213. The van der Waals surface area contributed by atoms with Gasteiger partial charge in [0.25, 0.3) is 5.91 Å². The fourth-order valence-corrected chi connectivity index (χ4v) is 6.17. The molecule has 0 unspecified atom stereocenters. The first-order valence-corrected chi connectivity index (χ1v) is 13.3. The number of carbonyl (C=O) groups is 3. The molecule has 1 saturated carbocycles. The summed E-state index contributed by atoms with van der Waals surface area (Å²) in [4.78, 5) is 48.9. The number of carbonyl (C=O) groups excluding carboxylic acids is 3. The Kier molecular flexibility index (Phi) is 6.67. The third-order valence-electron chi connectivity index (χ3n) is 7.79. The molecule has 6 rings (SSSR count). The number of nitrogens with two attached hydrogens (primary N) is 1. The maximum Gasteiger partial charge on any atom is 0.269 e. The van der Waals surface area contributed by atoms with Gasteiger partial charge in [0.1, 0.15) is 24.7 Å². The molecule has 10 nitrogen and oxygen atoms in total. The van der Waals surface area contributed by atoms with Gasteiger partial charge >= 0.3 is 0 Å². The topological polar surface area (TPSA) is 136 Å². The van der Waals surface area contributed by atoms with E-state index in [-0.39, 0.29) is 53.1 Å². The Morgan fingerprint density at radius 3 is 2.67 bits per heavy atom. The SMILES string of the molecule is NC(=O)c1nn(CC(=O)N2[C@@H]3CC[C@@H](C3)[C@H]2C(=O)NCc2cccc(Cl)c2F)c2ccc(-c3cncnc3)cc12. The van der Waals surface area contributed by atoms with E-state index < -0.39 is 17.8 Å². The first kappa shape index (κ1) is 25.9. The van der Waals surface area contributed by atoms with Crippen molar-refractivity contribution in [3.8, 4) is 11.1 Å². The number of nitrogens with zero attached hydrogens (tertiary/aromatic N) is 5. The zero-order chi connectivity index (χ0) is 28.0. The summed E-state index contributed by atoms with van der Waals surface area (Å²) in [7, 11) is 0. The molecule has 2 bridgehead atoms. The second-order valence-electron chi connectivity index (χ2n) is 10.1. The summed E-state index contributed by atoms with van der Waals surface area (Å²) in [5, 5.41) is 7.64. The second kappa shape index (κ2) is 10.3. The van der Waals surface area contributed by atoms with Gasteiger partial charge in [-0.2, -0.15) is 5.10 Å². The van der Waals surface area contributed by atoms with Crippen LogP contribution in [-0.4, -0.2) is 54.5 Å². The fourth-order valence-electron chi connectivity index (χ4n) is 5.98. The van der Waals surface area contributed by atoms with E-state index in [1.807, 2.05) is 6.07 Å². The lowest BCUT2D eigenvalue weighted by Crippen LogP contribution is -2.53. The Morgan fingerprint density at radius 2 is 1.90 bits per heavy atom. The van der Waals surface area contributed by atoms with Crippen LogP contribution in [0.4, 0.5) is 4.39 Å². The summed E-state index contributed by atoms with van der Waals surface area (Å²) in [6, 6.07) is 9.24. The van der Waals surface area contributed by atoms with Crippen molar-refractivity contribution in [3.63, 3.8) is 0 Å². The maximum atomic E-state index is 14.3. The van der Waals surface area contributed by atoms with E-state index in [1.165, 1.54) is 17.1 Å². The summed E-state index contributed by atoms with van der Waals surface area (Å²) >= 11 is 5.87. The van der Waals surface area contributed by atoms with Crippen LogP contribution in [0.2, 0.25) is 5.02 Å². The van der Waals surface area contributed by atoms with E-state index >= 15 is 0 Å². The van der Waals surface area contributed by atoms with Crippen molar-refractivity contribution >= 4 is 40.2 Å². The molecule has 0 radical (unpaired) electrons. The number of likely N-dealkylation sites (tertiary alicyclic amines) is 1. The number of fused-ring (bicyclic) bond motifs is 3. The average molecular weight is 562 g/mol. The summed E-state index contributed by atoms with van der Waals surface area (Å²) in [5.41, 5.74) is 8.02. The van der Waals surface area contributed by atoms with Crippen molar-refractivity contribution < 1.29 is 18.8 Å². The van der Waals surface area contributed by atoms with Gasteiger partial charge in [0.05, 0.1) is 10.5 Å². The van der Waals surface area contributed by atoms with Gasteiger partial charge in [-0.25, -0.2) is 14.4 Å². The molecule has 3 heterocycles. The van der Waals surface area contributed by atoms with Crippen LogP contribution < -0.4 is 11.1 Å². The molecule has 40 heavy (non-hydrogen) atoms. The van der Waals surface area contributed by atoms with Crippen LogP contribution in [0.1, 0.15) is 35.3 Å². The average Bonchev–Trinajstić information content (AvgIpc) is 3.67. The van der Waals surface area contributed by atoms with Crippen molar-refractivity contribution in [2.24, 2.45) is 11.7 Å². The normalized spacial score (nSPS) is 19.8. The lowest BCUT2D eigenvalue weighted by molar-refractivity contribution is -0.143. The van der Waals surface area contributed by atoms with Gasteiger partial charge in [-0.3, -0.25) is 19.1 Å². The van der Waals surface area contributed by atoms with Crippen molar-refractivity contribution in [1.82, 2.24) is 30.0 Å². The van der Waals surface area contributed by atoms with Gasteiger partial charge < -0.3 is 16.0 Å². The van der Waals surface area contributed by atoms with Crippen LogP contribution in [-0.2, 0) is 22.7 Å². The number of nitrogens with one attached hydrogen (secondary N) is 1. The number of amides is 3. The minimum atomic E-state index is -0.719. The highest BCUT2D eigenvalue weighted by atomic mass is 35.5. The van der Waals surface area contributed by atoms with E-state index in [9.17, 15) is 18.8 Å². The number of rotatable bonds is 7. The molecule has 4 aromatic rings. The van der Waals surface area contributed by atoms with Crippen LogP contribution >= 0.6 is 11.6 Å². The largest absolute Gasteiger partial charge is 0.364 e. The van der Waals surface area contributed by atoms with Gasteiger partial charge in [-0.15, -0.1) is 0 Å². The highest BCUT2D eigenvalue weighted by molar-refractivity contribution is 6.30. The molecule has 1 aliphatic carbocycles. The molecular formula is C28H25ClFN7O3. The second-order valence-corrected chi connectivity index (χ2v) is 10.5. The molecule has 12 heteroatoms. The minimum Gasteiger partial charge on any atom is -0.364 e. The standard InChI is InChI=1S/C28H25ClFN7O3/c29-21-3-1-2-17(24(21)30)12-34-28(40)26-16-4-6-19(8-16)37(26)23(38)13-36-22-7-5-15(18-10-32-14-33-11-18)9-20(22)25(35-36)27(31)39/h1-3,5,7,9-11,14,16,19,26H,4,6,8,12-13H2,(H2,31,39)(H,34,40)/t16-,19+,26-/m0/s1. The van der Waals surface area contributed by atoms with Gasteiger partial charge in [0, 0.05) is 41.5 Å². The van der Waals surface area contributed by atoms with Gasteiger partial charge in [0.15, 0.2) is 5.69 Å². The van der Waals surface area contributed by atoms with Gasteiger partial charge in [0.2, 0.25) is 11.8 Å². The Hall–Kier alpha value is -4.38. The van der Waals surface area contributed by atoms with Crippen molar-refractivity contribution in [1.29, 1.82) is 0 Å². The molecule has 0 spiro atoms. The van der Waals surface area contributed by atoms with E-state index in [1.54, 1.807) is 41.6 Å². The molecule has 1 aliphatic heterocycles. The molecular weight excluding hydrogens is 537 g/mol. The predicted molar refractivity (Wildman–Crippen MR) is 144 cm³/mol. The zero-order valence-electron chi connectivity index (χ0n) is 21.3. The first-order chi connectivity index (χ1) is 19.3. The highest BCUT2D eigenvalue weighted by Gasteiger charge is 2.51. The van der Waals surface area contributed by atoms with E-state index in [0.29, 0.717) is 10.9 Å². The summed E-state index contributed by atoms with van der Waals surface area (Å²) in [6.07, 6.45) is 7.10. The number of halogens is 2. The molecule has 1 saturated heterocycles. The molecule has 2 aliphatic rings. The zero-order valence-corrected chi connectivity index (χ0v) is 22.0. The van der Waals surface area contributed by atoms with Crippen LogP contribution in [0, 0.1) is 11.7 Å². The number of hydrogen-bond acceptors (Lipinski definition) is 6. The number of primary amides is 1. The molecule has 3 atom stereocenters. The number of aromatic nitrogens is 4. The van der Waals surface area contributed by atoms with Crippen LogP contribution in [0.15, 0.2) is 55.1 Å². The minimum absolute atomic E-state index is 0.0179. The monoisotopic (exact) mass is 561 g/mol. The number of hydrogen-bond donors (Lipinski definition) is 2.